The third-order valence-corrected chi connectivity index (χ3v) is 2.92. The zero-order valence-electron chi connectivity index (χ0n) is 10.5. The SMILES string of the molecule is C=C(C)C(=O)Oc1cc(C)c(OC(=O)C(=C)C)s1. The maximum atomic E-state index is 11.4. The maximum Gasteiger partial charge on any atom is 0.339 e. The molecule has 5 heteroatoms. The van der Waals surface area contributed by atoms with Crippen LogP contribution in [0.4, 0.5) is 0 Å². The van der Waals surface area contributed by atoms with Gasteiger partial charge in [-0.3, -0.25) is 0 Å². The summed E-state index contributed by atoms with van der Waals surface area (Å²) >= 11 is 1.08. The molecule has 1 aromatic rings. The van der Waals surface area contributed by atoms with Gasteiger partial charge in [-0.2, -0.15) is 0 Å². The largest absolute Gasteiger partial charge is 0.412 e. The molecule has 0 saturated heterocycles. The molecule has 1 rings (SSSR count). The maximum absolute atomic E-state index is 11.4. The average Bonchev–Trinajstić information content (AvgIpc) is 2.58. The smallest absolute Gasteiger partial charge is 0.339 e. The molecular formula is C13H14O4S. The van der Waals surface area contributed by atoms with Crippen molar-refractivity contribution in [3.05, 3.63) is 35.9 Å². The van der Waals surface area contributed by atoms with E-state index >= 15 is 0 Å². The molecule has 0 amide bonds. The average molecular weight is 266 g/mol. The van der Waals surface area contributed by atoms with E-state index in [1.165, 1.54) is 0 Å². The first-order valence-electron chi connectivity index (χ1n) is 5.17. The van der Waals surface area contributed by atoms with Crippen molar-refractivity contribution in [1.29, 1.82) is 0 Å². The predicted octanol–water partition coefficient (Wildman–Crippen LogP) is 3.02. The van der Waals surface area contributed by atoms with Gasteiger partial charge < -0.3 is 9.47 Å². The Morgan fingerprint density at radius 1 is 1.11 bits per heavy atom. The van der Waals surface area contributed by atoms with Crippen LogP contribution in [0.15, 0.2) is 30.4 Å². The van der Waals surface area contributed by atoms with Crippen LogP contribution in [0.1, 0.15) is 19.4 Å². The standard InChI is InChI=1S/C13H14O4S/c1-7(2)11(14)16-10-6-9(5)13(18-10)17-12(15)8(3)4/h6H,1,3H2,2,4-5H3. The van der Waals surface area contributed by atoms with Crippen LogP contribution >= 0.6 is 11.3 Å². The fourth-order valence-electron chi connectivity index (χ4n) is 0.938. The quantitative estimate of drug-likeness (QED) is 0.621. The van der Waals surface area contributed by atoms with Gasteiger partial charge in [-0.25, -0.2) is 9.59 Å². The lowest BCUT2D eigenvalue weighted by Gasteiger charge is -2.01. The van der Waals surface area contributed by atoms with Crippen LogP contribution in [0.25, 0.3) is 0 Å². The van der Waals surface area contributed by atoms with Crippen LogP contribution in [0.3, 0.4) is 0 Å². The van der Waals surface area contributed by atoms with E-state index in [2.05, 4.69) is 13.2 Å². The second-order valence-corrected chi connectivity index (χ2v) is 4.85. The highest BCUT2D eigenvalue weighted by Gasteiger charge is 2.15. The van der Waals surface area contributed by atoms with Crippen molar-refractivity contribution in [3.8, 4) is 10.1 Å². The van der Waals surface area contributed by atoms with Crippen LogP contribution in [0, 0.1) is 6.92 Å². The first kappa shape index (κ1) is 14.2. The summed E-state index contributed by atoms with van der Waals surface area (Å²) in [5, 5.41) is 0.762. The van der Waals surface area contributed by atoms with Gasteiger partial charge in [0.25, 0.3) is 0 Å². The van der Waals surface area contributed by atoms with Gasteiger partial charge in [0, 0.05) is 16.7 Å². The number of aryl methyl sites for hydroxylation is 1. The Labute approximate surface area is 110 Å². The minimum atomic E-state index is -0.506. The minimum Gasteiger partial charge on any atom is -0.412 e. The van der Waals surface area contributed by atoms with E-state index in [-0.39, 0.29) is 0 Å². The fraction of sp³-hybridized carbons (Fsp3) is 0.231. The molecular weight excluding hydrogens is 252 g/mol. The lowest BCUT2D eigenvalue weighted by Crippen LogP contribution is -2.07. The zero-order valence-corrected chi connectivity index (χ0v) is 11.3. The summed E-state index contributed by atoms with van der Waals surface area (Å²) in [5.41, 5.74) is 1.34. The summed E-state index contributed by atoms with van der Waals surface area (Å²) in [5.74, 6) is -1.01. The molecule has 0 bridgehead atoms. The van der Waals surface area contributed by atoms with E-state index in [1.807, 2.05) is 0 Å². The van der Waals surface area contributed by atoms with Gasteiger partial charge in [-0.05, 0) is 26.8 Å². The summed E-state index contributed by atoms with van der Waals surface area (Å²) in [6, 6.07) is 1.63. The fourth-order valence-corrected chi connectivity index (χ4v) is 1.81. The molecule has 0 aliphatic rings. The van der Waals surface area contributed by atoms with E-state index < -0.39 is 11.9 Å². The summed E-state index contributed by atoms with van der Waals surface area (Å²) in [7, 11) is 0. The molecule has 0 spiro atoms. The number of esters is 2. The molecule has 0 aromatic carbocycles. The highest BCUT2D eigenvalue weighted by atomic mass is 32.1. The first-order valence-corrected chi connectivity index (χ1v) is 5.98. The first-order chi connectivity index (χ1) is 8.31. The molecule has 0 radical (unpaired) electrons. The highest BCUT2D eigenvalue weighted by Crippen LogP contribution is 2.36. The Balaban J connectivity index is 2.82. The molecule has 18 heavy (non-hydrogen) atoms. The molecule has 0 N–H and O–H groups in total. The molecule has 0 fully saturated rings. The number of carbonyl (C=O) groups is 2. The van der Waals surface area contributed by atoms with Crippen molar-refractivity contribution in [1.82, 2.24) is 0 Å². The van der Waals surface area contributed by atoms with Crippen LogP contribution in [0.5, 0.6) is 10.1 Å². The summed E-state index contributed by atoms with van der Waals surface area (Å²) in [6.45, 7) is 11.9. The van der Waals surface area contributed by atoms with Gasteiger partial charge in [0.15, 0.2) is 10.1 Å². The van der Waals surface area contributed by atoms with Crippen LogP contribution in [-0.2, 0) is 9.59 Å². The Morgan fingerprint density at radius 2 is 1.61 bits per heavy atom. The van der Waals surface area contributed by atoms with E-state index in [1.54, 1.807) is 26.8 Å². The van der Waals surface area contributed by atoms with E-state index in [0.717, 1.165) is 16.9 Å². The monoisotopic (exact) mass is 266 g/mol. The molecule has 0 atom stereocenters. The van der Waals surface area contributed by atoms with Gasteiger partial charge in [0.05, 0.1) is 0 Å². The van der Waals surface area contributed by atoms with Crippen molar-refractivity contribution >= 4 is 23.3 Å². The van der Waals surface area contributed by atoms with E-state index in [9.17, 15) is 9.59 Å². The third-order valence-electron chi connectivity index (χ3n) is 1.93. The van der Waals surface area contributed by atoms with Crippen LogP contribution < -0.4 is 9.47 Å². The Kier molecular flexibility index (Phi) is 4.44. The van der Waals surface area contributed by atoms with Crippen molar-refractivity contribution in [2.75, 3.05) is 0 Å². The molecule has 96 valence electrons. The summed E-state index contributed by atoms with van der Waals surface area (Å²) in [6.07, 6.45) is 0. The molecule has 4 nitrogen and oxygen atoms in total. The normalized spacial score (nSPS) is 9.72. The predicted molar refractivity (Wildman–Crippen MR) is 70.0 cm³/mol. The number of rotatable bonds is 4. The minimum absolute atomic E-state index is 0.307. The van der Waals surface area contributed by atoms with Crippen molar-refractivity contribution in [2.24, 2.45) is 0 Å². The molecule has 1 aromatic heterocycles. The molecule has 0 aliphatic carbocycles. The third kappa shape index (κ3) is 3.56. The van der Waals surface area contributed by atoms with Crippen LogP contribution in [0.2, 0.25) is 0 Å². The number of carbonyl (C=O) groups excluding carboxylic acids is 2. The second kappa shape index (κ2) is 5.64. The van der Waals surface area contributed by atoms with Crippen LogP contribution in [-0.4, -0.2) is 11.9 Å². The summed E-state index contributed by atoms with van der Waals surface area (Å²) < 4.78 is 10.1. The lowest BCUT2D eigenvalue weighted by atomic mass is 10.3. The Bertz CT molecular complexity index is 525. The van der Waals surface area contributed by atoms with Gasteiger partial charge in [-0.1, -0.05) is 24.5 Å². The Hall–Kier alpha value is -1.88. The molecule has 0 saturated carbocycles. The van der Waals surface area contributed by atoms with Gasteiger partial charge in [-0.15, -0.1) is 0 Å². The number of hydrogen-bond donors (Lipinski definition) is 0. The number of ether oxygens (including phenoxy) is 2. The topological polar surface area (TPSA) is 52.6 Å². The second-order valence-electron chi connectivity index (χ2n) is 3.88. The molecule has 0 unspecified atom stereocenters. The van der Waals surface area contributed by atoms with Gasteiger partial charge in [0.2, 0.25) is 0 Å². The van der Waals surface area contributed by atoms with E-state index in [0.29, 0.717) is 21.3 Å². The van der Waals surface area contributed by atoms with Gasteiger partial charge >= 0.3 is 11.9 Å². The lowest BCUT2D eigenvalue weighted by molar-refractivity contribution is -0.130. The van der Waals surface area contributed by atoms with Gasteiger partial charge in [0.1, 0.15) is 0 Å². The van der Waals surface area contributed by atoms with Crippen molar-refractivity contribution in [3.63, 3.8) is 0 Å². The number of thiophene rings is 1. The Morgan fingerprint density at radius 3 is 2.11 bits per heavy atom. The van der Waals surface area contributed by atoms with Crippen molar-refractivity contribution in [2.45, 2.75) is 20.8 Å². The number of hydrogen-bond acceptors (Lipinski definition) is 5. The van der Waals surface area contributed by atoms with E-state index in [4.69, 9.17) is 9.47 Å². The molecule has 1 heterocycles. The highest BCUT2D eigenvalue weighted by molar-refractivity contribution is 7.16. The summed E-state index contributed by atoms with van der Waals surface area (Å²) in [4.78, 5) is 22.7. The zero-order chi connectivity index (χ0) is 13.9. The van der Waals surface area contributed by atoms with Crippen molar-refractivity contribution < 1.29 is 19.1 Å². The molecule has 0 aliphatic heterocycles.